The highest BCUT2D eigenvalue weighted by Gasteiger charge is 2.18. The summed E-state index contributed by atoms with van der Waals surface area (Å²) < 4.78 is 5.00. The van der Waals surface area contributed by atoms with Crippen LogP contribution >= 0.6 is 11.8 Å². The fourth-order valence-corrected chi connectivity index (χ4v) is 2.60. The summed E-state index contributed by atoms with van der Waals surface area (Å²) in [4.78, 5) is 9.22. The zero-order chi connectivity index (χ0) is 13.7. The molecule has 0 bridgehead atoms. The molecule has 19 heavy (non-hydrogen) atoms. The molecule has 1 atom stereocenters. The molecule has 0 spiro atoms. The number of aromatic nitrogens is 2. The van der Waals surface area contributed by atoms with Crippen LogP contribution in [-0.4, -0.2) is 64.2 Å². The topological polar surface area (TPSA) is 45.4 Å². The lowest BCUT2D eigenvalue weighted by atomic mass is 10.2. The molecule has 1 aliphatic rings. The monoisotopic (exact) mass is 284 g/mol. The third kappa shape index (κ3) is 4.78. The van der Waals surface area contributed by atoms with Crippen molar-refractivity contribution in [1.82, 2.24) is 19.9 Å². The molecule has 1 saturated heterocycles. The van der Waals surface area contributed by atoms with E-state index < -0.39 is 0 Å². The quantitative estimate of drug-likeness (QED) is 0.791. The van der Waals surface area contributed by atoms with Gasteiger partial charge < -0.3 is 9.42 Å². The van der Waals surface area contributed by atoms with E-state index in [-0.39, 0.29) is 0 Å². The molecular weight excluding hydrogens is 260 g/mol. The summed E-state index contributed by atoms with van der Waals surface area (Å²) in [6.45, 7) is 10.7. The summed E-state index contributed by atoms with van der Waals surface area (Å²) >= 11 is 1.95. The van der Waals surface area contributed by atoms with E-state index >= 15 is 0 Å². The third-order valence-electron chi connectivity index (χ3n) is 3.65. The average Bonchev–Trinajstić information content (AvgIpc) is 2.83. The minimum Gasteiger partial charge on any atom is -0.340 e. The third-order valence-corrected chi connectivity index (χ3v) is 4.69. The van der Waals surface area contributed by atoms with Crippen molar-refractivity contribution < 1.29 is 4.52 Å². The Morgan fingerprint density at radius 3 is 2.53 bits per heavy atom. The van der Waals surface area contributed by atoms with Crippen LogP contribution in [0.4, 0.5) is 0 Å². The molecule has 1 aromatic rings. The van der Waals surface area contributed by atoms with E-state index in [0.29, 0.717) is 5.89 Å². The molecule has 0 saturated carbocycles. The van der Waals surface area contributed by atoms with Crippen LogP contribution in [0.1, 0.15) is 25.1 Å². The number of hydrogen-bond acceptors (Lipinski definition) is 6. The second kappa shape index (κ2) is 7.26. The molecule has 1 aromatic heterocycles. The SMILES string of the molecule is CSC(C)CCN1CCN(Cc2noc(C)n2)CC1. The lowest BCUT2D eigenvalue weighted by molar-refractivity contribution is 0.123. The molecule has 0 aromatic carbocycles. The fraction of sp³-hybridized carbons (Fsp3) is 0.846. The second-order valence-electron chi connectivity index (χ2n) is 5.18. The van der Waals surface area contributed by atoms with Crippen LogP contribution in [0.3, 0.4) is 0 Å². The molecule has 5 nitrogen and oxygen atoms in total. The number of thioether (sulfide) groups is 1. The van der Waals surface area contributed by atoms with Gasteiger partial charge in [0, 0.05) is 38.4 Å². The highest BCUT2D eigenvalue weighted by Crippen LogP contribution is 2.12. The van der Waals surface area contributed by atoms with E-state index in [9.17, 15) is 0 Å². The van der Waals surface area contributed by atoms with Gasteiger partial charge in [-0.1, -0.05) is 12.1 Å². The summed E-state index contributed by atoms with van der Waals surface area (Å²) in [7, 11) is 0. The molecule has 1 unspecified atom stereocenters. The van der Waals surface area contributed by atoms with Crippen LogP contribution in [0.5, 0.6) is 0 Å². The maximum absolute atomic E-state index is 5.00. The lowest BCUT2D eigenvalue weighted by Gasteiger charge is -2.34. The van der Waals surface area contributed by atoms with Gasteiger partial charge in [0.25, 0.3) is 0 Å². The van der Waals surface area contributed by atoms with Gasteiger partial charge in [0.05, 0.1) is 6.54 Å². The summed E-state index contributed by atoms with van der Waals surface area (Å²) in [6, 6.07) is 0. The first-order chi connectivity index (χ1) is 9.17. The van der Waals surface area contributed by atoms with E-state index in [2.05, 4.69) is 33.1 Å². The van der Waals surface area contributed by atoms with Crippen molar-refractivity contribution in [3.63, 3.8) is 0 Å². The Hall–Kier alpha value is -0.590. The van der Waals surface area contributed by atoms with E-state index in [1.165, 1.54) is 13.0 Å². The Labute approximate surface area is 119 Å². The van der Waals surface area contributed by atoms with Crippen molar-refractivity contribution in [3.8, 4) is 0 Å². The van der Waals surface area contributed by atoms with Crippen molar-refractivity contribution in [2.24, 2.45) is 0 Å². The number of hydrogen-bond donors (Lipinski definition) is 0. The average molecular weight is 284 g/mol. The summed E-state index contributed by atoms with van der Waals surface area (Å²) in [5.74, 6) is 1.46. The van der Waals surface area contributed by atoms with Crippen LogP contribution in [0.25, 0.3) is 0 Å². The Bertz CT molecular complexity index is 376. The Kier molecular flexibility index (Phi) is 5.66. The van der Waals surface area contributed by atoms with Gasteiger partial charge in [-0.2, -0.15) is 16.7 Å². The first-order valence-electron chi connectivity index (χ1n) is 6.94. The van der Waals surface area contributed by atoms with Gasteiger partial charge in [-0.15, -0.1) is 0 Å². The maximum Gasteiger partial charge on any atom is 0.223 e. The van der Waals surface area contributed by atoms with Gasteiger partial charge >= 0.3 is 0 Å². The molecule has 1 fully saturated rings. The Morgan fingerprint density at radius 2 is 1.95 bits per heavy atom. The number of piperazine rings is 1. The van der Waals surface area contributed by atoms with Gasteiger partial charge in [0.15, 0.2) is 5.82 Å². The van der Waals surface area contributed by atoms with Gasteiger partial charge in [0.1, 0.15) is 0 Å². The molecule has 0 amide bonds. The molecule has 0 radical (unpaired) electrons. The highest BCUT2D eigenvalue weighted by molar-refractivity contribution is 7.99. The molecule has 2 rings (SSSR count). The highest BCUT2D eigenvalue weighted by atomic mass is 32.2. The summed E-state index contributed by atoms with van der Waals surface area (Å²) in [5, 5.41) is 4.72. The summed E-state index contributed by atoms with van der Waals surface area (Å²) in [6.07, 6.45) is 3.47. The maximum atomic E-state index is 5.00. The normalized spacial score (nSPS) is 19.7. The standard InChI is InChI=1S/C13H24N4OS/c1-11(19-3)4-5-16-6-8-17(9-7-16)10-13-14-12(2)18-15-13/h11H,4-10H2,1-3H3. The van der Waals surface area contributed by atoms with E-state index in [4.69, 9.17) is 4.52 Å². The zero-order valence-electron chi connectivity index (χ0n) is 12.1. The van der Waals surface area contributed by atoms with Gasteiger partial charge in [-0.05, 0) is 19.2 Å². The molecule has 0 aliphatic carbocycles. The molecule has 108 valence electrons. The van der Waals surface area contributed by atoms with Crippen LogP contribution in [-0.2, 0) is 6.54 Å². The van der Waals surface area contributed by atoms with Crippen LogP contribution in [0.15, 0.2) is 4.52 Å². The summed E-state index contributed by atoms with van der Waals surface area (Å²) in [5.41, 5.74) is 0. The minimum absolute atomic E-state index is 0.652. The molecule has 1 aliphatic heterocycles. The number of aryl methyl sites for hydroxylation is 1. The van der Waals surface area contributed by atoms with Crippen molar-refractivity contribution in [2.45, 2.75) is 32.1 Å². The molecule has 0 N–H and O–H groups in total. The lowest BCUT2D eigenvalue weighted by Crippen LogP contribution is -2.46. The second-order valence-corrected chi connectivity index (χ2v) is 6.46. The van der Waals surface area contributed by atoms with E-state index in [1.807, 2.05) is 18.7 Å². The molecule has 6 heteroatoms. The minimum atomic E-state index is 0.652. The van der Waals surface area contributed by atoms with E-state index in [0.717, 1.165) is 43.8 Å². The van der Waals surface area contributed by atoms with Crippen LogP contribution in [0.2, 0.25) is 0 Å². The van der Waals surface area contributed by atoms with Crippen LogP contribution in [0, 0.1) is 6.92 Å². The predicted molar refractivity (Wildman–Crippen MR) is 78.3 cm³/mol. The Morgan fingerprint density at radius 1 is 1.26 bits per heavy atom. The van der Waals surface area contributed by atoms with Crippen molar-refractivity contribution in [2.75, 3.05) is 39.0 Å². The Balaban J connectivity index is 1.67. The van der Waals surface area contributed by atoms with Gasteiger partial charge in [-0.3, -0.25) is 4.90 Å². The van der Waals surface area contributed by atoms with Crippen molar-refractivity contribution in [3.05, 3.63) is 11.7 Å². The first-order valence-corrected chi connectivity index (χ1v) is 8.23. The van der Waals surface area contributed by atoms with Crippen LogP contribution < -0.4 is 0 Å². The number of rotatable bonds is 6. The van der Waals surface area contributed by atoms with Gasteiger partial charge in [0.2, 0.25) is 5.89 Å². The zero-order valence-corrected chi connectivity index (χ0v) is 12.9. The van der Waals surface area contributed by atoms with Crippen molar-refractivity contribution >= 4 is 11.8 Å². The largest absolute Gasteiger partial charge is 0.340 e. The van der Waals surface area contributed by atoms with Gasteiger partial charge in [-0.25, -0.2) is 0 Å². The smallest absolute Gasteiger partial charge is 0.223 e. The first kappa shape index (κ1) is 14.8. The molecule has 2 heterocycles. The van der Waals surface area contributed by atoms with Crippen molar-refractivity contribution in [1.29, 1.82) is 0 Å². The van der Waals surface area contributed by atoms with E-state index in [1.54, 1.807) is 0 Å². The fourth-order valence-electron chi connectivity index (χ4n) is 2.26. The molecular formula is C13H24N4OS. The number of nitrogens with zero attached hydrogens (tertiary/aromatic N) is 4. The predicted octanol–water partition coefficient (Wildman–Crippen LogP) is 1.64.